The fourth-order valence-corrected chi connectivity index (χ4v) is 4.00. The highest BCUT2D eigenvalue weighted by molar-refractivity contribution is 5.70. The molecule has 2 aromatic carbocycles. The van der Waals surface area contributed by atoms with E-state index >= 15 is 0 Å². The first-order chi connectivity index (χ1) is 15.9. The molecule has 7 nitrogen and oxygen atoms in total. The normalized spacial score (nSPS) is 12.5. The lowest BCUT2D eigenvalue weighted by Gasteiger charge is -2.13. The Balaban J connectivity index is 1.49. The van der Waals surface area contributed by atoms with E-state index in [-0.39, 0.29) is 31.0 Å². The van der Waals surface area contributed by atoms with Crippen molar-refractivity contribution in [2.75, 3.05) is 0 Å². The van der Waals surface area contributed by atoms with Gasteiger partial charge in [0, 0.05) is 5.56 Å². The maximum atomic E-state index is 13.3. The quantitative estimate of drug-likeness (QED) is 0.405. The van der Waals surface area contributed by atoms with Gasteiger partial charge in [-0.3, -0.25) is 4.57 Å². The van der Waals surface area contributed by atoms with E-state index in [0.29, 0.717) is 17.3 Å². The first-order valence-electron chi connectivity index (χ1n) is 10.1. The van der Waals surface area contributed by atoms with Crippen LogP contribution in [0.5, 0.6) is 0 Å². The molecular formula is C23H17F3N6O. The van der Waals surface area contributed by atoms with Crippen LogP contribution in [0.15, 0.2) is 48.8 Å². The number of aryl methyl sites for hydroxylation is 1. The number of halogens is 3. The van der Waals surface area contributed by atoms with E-state index in [2.05, 4.69) is 21.3 Å². The van der Waals surface area contributed by atoms with E-state index in [4.69, 9.17) is 4.74 Å². The molecule has 4 aromatic rings. The predicted octanol–water partition coefficient (Wildman–Crippen LogP) is 4.41. The van der Waals surface area contributed by atoms with Gasteiger partial charge >= 0.3 is 6.18 Å². The summed E-state index contributed by atoms with van der Waals surface area (Å²) in [6.45, 7) is 1.96. The van der Waals surface area contributed by atoms with Gasteiger partial charge in [0.2, 0.25) is 0 Å². The van der Waals surface area contributed by atoms with Crippen LogP contribution in [0.2, 0.25) is 0 Å². The van der Waals surface area contributed by atoms with Crippen LogP contribution in [0.1, 0.15) is 33.9 Å². The van der Waals surface area contributed by atoms with E-state index < -0.39 is 11.7 Å². The Bertz CT molecular complexity index is 1400. The largest absolute Gasteiger partial charge is 0.416 e. The molecule has 5 rings (SSSR count). The Morgan fingerprint density at radius 2 is 1.94 bits per heavy atom. The summed E-state index contributed by atoms with van der Waals surface area (Å²) in [5.41, 5.74) is 2.94. The van der Waals surface area contributed by atoms with Crippen molar-refractivity contribution in [2.24, 2.45) is 0 Å². The molecule has 0 radical (unpaired) electrons. The zero-order chi connectivity index (χ0) is 23.2. The van der Waals surface area contributed by atoms with Crippen molar-refractivity contribution in [1.82, 2.24) is 24.3 Å². The molecule has 0 fully saturated rings. The first-order valence-corrected chi connectivity index (χ1v) is 10.1. The lowest BCUT2D eigenvalue weighted by molar-refractivity contribution is -0.139. The van der Waals surface area contributed by atoms with Gasteiger partial charge in [0.05, 0.1) is 30.1 Å². The molecule has 2 aromatic heterocycles. The standard InChI is InChI=1S/C23H17F3N6O/c1-14-6-7-19-16(8-14)22-30-29-21(31(22)10-20-18(9-27)28-13-32(19)20)12-33-11-15-4-2-3-5-17(15)23(24,25)26/h2-8,13H,10-12H2,1H3. The monoisotopic (exact) mass is 450 g/mol. The topological polar surface area (TPSA) is 81.6 Å². The number of imidazole rings is 1. The first kappa shape index (κ1) is 20.9. The number of nitriles is 1. The van der Waals surface area contributed by atoms with Crippen LogP contribution in [0.4, 0.5) is 13.2 Å². The van der Waals surface area contributed by atoms with Gasteiger partial charge in [0.25, 0.3) is 0 Å². The van der Waals surface area contributed by atoms with Crippen LogP contribution in [0.3, 0.4) is 0 Å². The molecule has 33 heavy (non-hydrogen) atoms. The summed E-state index contributed by atoms with van der Waals surface area (Å²) in [6.07, 6.45) is -2.86. The minimum atomic E-state index is -4.46. The van der Waals surface area contributed by atoms with E-state index in [0.717, 1.165) is 22.9 Å². The average molecular weight is 450 g/mol. The molecule has 10 heteroatoms. The van der Waals surface area contributed by atoms with Gasteiger partial charge in [-0.15, -0.1) is 10.2 Å². The summed E-state index contributed by atoms with van der Waals surface area (Å²) < 4.78 is 49.1. The van der Waals surface area contributed by atoms with Gasteiger partial charge in [-0.2, -0.15) is 18.4 Å². The second-order valence-corrected chi connectivity index (χ2v) is 7.72. The molecule has 0 bridgehead atoms. The number of alkyl halides is 3. The second-order valence-electron chi connectivity index (χ2n) is 7.72. The highest BCUT2D eigenvalue weighted by Crippen LogP contribution is 2.34. The summed E-state index contributed by atoms with van der Waals surface area (Å²) in [6, 6.07) is 13.3. The third kappa shape index (κ3) is 3.66. The third-order valence-electron chi connectivity index (χ3n) is 5.57. The molecule has 0 saturated heterocycles. The van der Waals surface area contributed by atoms with Gasteiger partial charge in [-0.05, 0) is 30.7 Å². The molecule has 1 aliphatic rings. The highest BCUT2D eigenvalue weighted by atomic mass is 19.4. The summed E-state index contributed by atoms with van der Waals surface area (Å²) >= 11 is 0. The summed E-state index contributed by atoms with van der Waals surface area (Å²) in [5.74, 6) is 1.04. The number of aromatic nitrogens is 5. The van der Waals surface area contributed by atoms with Crippen molar-refractivity contribution in [1.29, 1.82) is 5.26 Å². The number of nitrogens with zero attached hydrogens (tertiary/aromatic N) is 6. The van der Waals surface area contributed by atoms with Crippen LogP contribution in [-0.2, 0) is 30.7 Å². The number of ether oxygens (including phenoxy) is 1. The Morgan fingerprint density at radius 1 is 1.12 bits per heavy atom. The van der Waals surface area contributed by atoms with Crippen LogP contribution in [-0.4, -0.2) is 24.3 Å². The Kier molecular flexibility index (Phi) is 4.98. The molecule has 0 atom stereocenters. The van der Waals surface area contributed by atoms with Crippen LogP contribution in [0.25, 0.3) is 17.1 Å². The number of benzene rings is 2. The highest BCUT2D eigenvalue weighted by Gasteiger charge is 2.33. The molecule has 0 saturated carbocycles. The molecule has 0 amide bonds. The number of rotatable bonds is 4. The van der Waals surface area contributed by atoms with Gasteiger partial charge in [-0.25, -0.2) is 4.98 Å². The van der Waals surface area contributed by atoms with Crippen LogP contribution < -0.4 is 0 Å². The minimum Gasteiger partial charge on any atom is -0.369 e. The SMILES string of the molecule is Cc1ccc2c(c1)-c1nnc(COCc3ccccc3C(F)(F)F)n1Cc1c(C#N)ncn1-2. The lowest BCUT2D eigenvalue weighted by atomic mass is 10.1. The predicted molar refractivity (Wildman–Crippen MR) is 111 cm³/mol. The summed E-state index contributed by atoms with van der Waals surface area (Å²) in [5, 5.41) is 18.1. The van der Waals surface area contributed by atoms with Crippen molar-refractivity contribution < 1.29 is 17.9 Å². The van der Waals surface area contributed by atoms with E-state index in [1.807, 2.05) is 34.3 Å². The Hall–Kier alpha value is -3.97. The second kappa shape index (κ2) is 7.86. The van der Waals surface area contributed by atoms with Crippen molar-refractivity contribution in [3.63, 3.8) is 0 Å². The van der Waals surface area contributed by atoms with Crippen molar-refractivity contribution >= 4 is 0 Å². The smallest absolute Gasteiger partial charge is 0.369 e. The maximum Gasteiger partial charge on any atom is 0.416 e. The molecule has 0 aliphatic carbocycles. The van der Waals surface area contributed by atoms with Crippen molar-refractivity contribution in [3.05, 3.63) is 82.7 Å². The number of fused-ring (bicyclic) bond motifs is 5. The number of hydrogen-bond acceptors (Lipinski definition) is 5. The zero-order valence-corrected chi connectivity index (χ0v) is 17.5. The average Bonchev–Trinajstić information content (AvgIpc) is 3.34. The van der Waals surface area contributed by atoms with Crippen molar-refractivity contribution in [3.8, 4) is 23.1 Å². The number of hydrogen-bond donors (Lipinski definition) is 0. The molecule has 0 unspecified atom stereocenters. The van der Waals surface area contributed by atoms with Crippen LogP contribution in [0, 0.1) is 18.3 Å². The Labute approximate surface area is 186 Å². The fourth-order valence-electron chi connectivity index (χ4n) is 4.00. The molecular weight excluding hydrogens is 433 g/mol. The van der Waals surface area contributed by atoms with Gasteiger partial charge in [-0.1, -0.05) is 29.8 Å². The molecule has 0 spiro atoms. The van der Waals surface area contributed by atoms with Gasteiger partial charge < -0.3 is 9.30 Å². The zero-order valence-electron chi connectivity index (χ0n) is 17.5. The minimum absolute atomic E-state index is 0.0453. The Morgan fingerprint density at radius 3 is 2.73 bits per heavy atom. The summed E-state index contributed by atoms with van der Waals surface area (Å²) in [4.78, 5) is 4.21. The third-order valence-corrected chi connectivity index (χ3v) is 5.57. The summed E-state index contributed by atoms with van der Waals surface area (Å²) in [7, 11) is 0. The fraction of sp³-hybridized carbons (Fsp3) is 0.217. The van der Waals surface area contributed by atoms with Crippen LogP contribution >= 0.6 is 0 Å². The molecule has 0 N–H and O–H groups in total. The van der Waals surface area contributed by atoms with E-state index in [9.17, 15) is 18.4 Å². The van der Waals surface area contributed by atoms with Gasteiger partial charge in [0.1, 0.15) is 19.0 Å². The molecule has 1 aliphatic heterocycles. The lowest BCUT2D eigenvalue weighted by Crippen LogP contribution is -2.12. The van der Waals surface area contributed by atoms with E-state index in [1.54, 1.807) is 12.4 Å². The van der Waals surface area contributed by atoms with Crippen molar-refractivity contribution in [2.45, 2.75) is 32.9 Å². The molecule has 166 valence electrons. The maximum absolute atomic E-state index is 13.3. The van der Waals surface area contributed by atoms with E-state index in [1.165, 1.54) is 12.1 Å². The molecule has 3 heterocycles. The van der Waals surface area contributed by atoms with Gasteiger partial charge in [0.15, 0.2) is 17.3 Å².